The van der Waals surface area contributed by atoms with Gasteiger partial charge in [-0.05, 0) is 18.1 Å². The van der Waals surface area contributed by atoms with E-state index in [1.807, 2.05) is 67.6 Å². The first kappa shape index (κ1) is 19.2. The highest BCUT2D eigenvalue weighted by Crippen LogP contribution is 2.34. The molecule has 146 valence electrons. The van der Waals surface area contributed by atoms with Gasteiger partial charge in [0.25, 0.3) is 10.1 Å². The number of hydrogen-bond donors (Lipinski definition) is 1. The van der Waals surface area contributed by atoms with E-state index in [1.54, 1.807) is 12.1 Å². The third-order valence-electron chi connectivity index (χ3n) is 4.74. The minimum absolute atomic E-state index is 0.152. The second kappa shape index (κ2) is 7.73. The summed E-state index contributed by atoms with van der Waals surface area (Å²) >= 11 is 0. The van der Waals surface area contributed by atoms with Crippen molar-refractivity contribution in [2.75, 3.05) is 0 Å². The predicted molar refractivity (Wildman–Crippen MR) is 114 cm³/mol. The van der Waals surface area contributed by atoms with Gasteiger partial charge in [-0.1, -0.05) is 80.1 Å². The van der Waals surface area contributed by atoms with Crippen molar-refractivity contribution in [3.8, 4) is 22.5 Å². The van der Waals surface area contributed by atoms with Crippen LogP contribution >= 0.6 is 0 Å². The van der Waals surface area contributed by atoms with Crippen LogP contribution in [0.5, 0.6) is 0 Å². The lowest BCUT2D eigenvalue weighted by Crippen LogP contribution is -2.07. The van der Waals surface area contributed by atoms with Gasteiger partial charge in [-0.15, -0.1) is 0 Å². The summed E-state index contributed by atoms with van der Waals surface area (Å²) in [6.45, 7) is 1.96. The molecule has 0 amide bonds. The highest BCUT2D eigenvalue weighted by molar-refractivity contribution is 7.86. The number of nitrogens with zero attached hydrogens (tertiary/aromatic N) is 2. The van der Waals surface area contributed by atoms with Crippen LogP contribution < -0.4 is 0 Å². The van der Waals surface area contributed by atoms with Gasteiger partial charge in [0.15, 0.2) is 0 Å². The summed E-state index contributed by atoms with van der Waals surface area (Å²) in [5, 5.41) is 0. The molecule has 0 aliphatic heterocycles. The first-order chi connectivity index (χ1) is 14.0. The van der Waals surface area contributed by atoms with Crippen LogP contribution in [0.15, 0.2) is 77.7 Å². The molecule has 0 bridgehead atoms. The minimum atomic E-state index is -4.46. The van der Waals surface area contributed by atoms with Crippen LogP contribution in [0.2, 0.25) is 0 Å². The van der Waals surface area contributed by atoms with E-state index in [4.69, 9.17) is 9.97 Å². The Morgan fingerprint density at radius 3 is 1.86 bits per heavy atom. The molecule has 1 N–H and O–H groups in total. The van der Waals surface area contributed by atoms with Crippen LogP contribution in [0, 0.1) is 0 Å². The molecule has 1 heterocycles. The zero-order valence-electron chi connectivity index (χ0n) is 15.9. The van der Waals surface area contributed by atoms with Gasteiger partial charge in [0.05, 0.1) is 16.9 Å². The third kappa shape index (κ3) is 3.77. The van der Waals surface area contributed by atoms with Gasteiger partial charge >= 0.3 is 0 Å². The molecule has 29 heavy (non-hydrogen) atoms. The topological polar surface area (TPSA) is 80.2 Å². The van der Waals surface area contributed by atoms with Gasteiger partial charge in [0.1, 0.15) is 10.4 Å². The van der Waals surface area contributed by atoms with E-state index < -0.39 is 10.1 Å². The lowest BCUT2D eigenvalue weighted by molar-refractivity contribution is 0.483. The van der Waals surface area contributed by atoms with Crippen molar-refractivity contribution in [2.45, 2.75) is 24.7 Å². The average Bonchev–Trinajstić information content (AvgIpc) is 2.73. The maximum atomic E-state index is 12.2. The molecule has 0 aliphatic rings. The van der Waals surface area contributed by atoms with Crippen molar-refractivity contribution < 1.29 is 13.0 Å². The van der Waals surface area contributed by atoms with Crippen molar-refractivity contribution in [2.24, 2.45) is 0 Å². The van der Waals surface area contributed by atoms with Crippen LogP contribution in [0.3, 0.4) is 0 Å². The maximum Gasteiger partial charge on any atom is 0.297 e. The second-order valence-corrected chi connectivity index (χ2v) is 8.16. The first-order valence-electron chi connectivity index (χ1n) is 9.41. The van der Waals surface area contributed by atoms with Gasteiger partial charge in [0.2, 0.25) is 0 Å². The van der Waals surface area contributed by atoms with Crippen LogP contribution in [0.1, 0.15) is 18.9 Å². The summed E-state index contributed by atoms with van der Waals surface area (Å²) in [6.07, 6.45) is 1.27. The lowest BCUT2D eigenvalue weighted by atomic mass is 10.0. The Balaban J connectivity index is 2.11. The molecule has 5 nitrogen and oxygen atoms in total. The number of aryl methyl sites for hydroxylation is 1. The molecule has 0 aliphatic carbocycles. The molecule has 3 aromatic carbocycles. The van der Waals surface area contributed by atoms with Crippen LogP contribution in [0.25, 0.3) is 33.5 Å². The lowest BCUT2D eigenvalue weighted by Gasteiger charge is -2.14. The molecule has 6 heteroatoms. The molecule has 0 saturated carbocycles. The van der Waals surface area contributed by atoms with Gasteiger partial charge in [0, 0.05) is 11.1 Å². The Hall–Kier alpha value is -3.09. The van der Waals surface area contributed by atoms with E-state index >= 15 is 0 Å². The normalized spacial score (nSPS) is 11.7. The Morgan fingerprint density at radius 2 is 1.34 bits per heavy atom. The molecule has 4 rings (SSSR count). The van der Waals surface area contributed by atoms with E-state index in [-0.39, 0.29) is 10.4 Å². The summed E-state index contributed by atoms with van der Waals surface area (Å²) in [5.41, 5.74) is 4.10. The fourth-order valence-corrected chi connectivity index (χ4v) is 4.38. The molecule has 0 atom stereocenters. The Bertz CT molecular complexity index is 1270. The van der Waals surface area contributed by atoms with Crippen molar-refractivity contribution in [3.63, 3.8) is 0 Å². The van der Waals surface area contributed by atoms with E-state index in [0.29, 0.717) is 28.9 Å². The Morgan fingerprint density at radius 1 is 0.793 bits per heavy atom. The average molecular weight is 404 g/mol. The quantitative estimate of drug-likeness (QED) is 0.465. The van der Waals surface area contributed by atoms with Crippen LogP contribution in [-0.2, 0) is 16.5 Å². The number of hydrogen-bond acceptors (Lipinski definition) is 4. The summed E-state index contributed by atoms with van der Waals surface area (Å²) in [5.74, 6) is 0. The molecule has 0 fully saturated rings. The fraction of sp³-hybridized carbons (Fsp3) is 0.130. The summed E-state index contributed by atoms with van der Waals surface area (Å²) in [6, 6.07) is 22.6. The number of aromatic nitrogens is 2. The summed E-state index contributed by atoms with van der Waals surface area (Å²) in [7, 11) is -4.46. The Labute approximate surface area is 169 Å². The van der Waals surface area contributed by atoms with Gasteiger partial charge in [-0.2, -0.15) is 8.42 Å². The molecule has 0 radical (unpaired) electrons. The molecule has 0 unspecified atom stereocenters. The Kier molecular flexibility index (Phi) is 5.13. The van der Waals surface area contributed by atoms with Gasteiger partial charge in [-0.3, -0.25) is 4.55 Å². The summed E-state index contributed by atoms with van der Waals surface area (Å²) < 4.78 is 34.4. The van der Waals surface area contributed by atoms with E-state index in [0.717, 1.165) is 17.5 Å². The molecule has 1 aromatic heterocycles. The largest absolute Gasteiger partial charge is 0.297 e. The highest BCUT2D eigenvalue weighted by atomic mass is 32.2. The third-order valence-corrected chi connectivity index (χ3v) is 5.72. The van der Waals surface area contributed by atoms with Crippen LogP contribution in [0.4, 0.5) is 0 Å². The zero-order chi connectivity index (χ0) is 20.4. The standard InChI is InChI=1S/C23H20N2O3S/c1-2-9-18-14-15-19-22(23(18)29(26,27)28)25-21(17-12-7-4-8-13-17)20(24-19)16-10-5-3-6-11-16/h3-8,10-15H,2,9H2,1H3,(H,26,27,28). The van der Waals surface area contributed by atoms with Crippen molar-refractivity contribution in [1.82, 2.24) is 9.97 Å². The molecular weight excluding hydrogens is 384 g/mol. The van der Waals surface area contributed by atoms with E-state index in [9.17, 15) is 13.0 Å². The van der Waals surface area contributed by atoms with Crippen molar-refractivity contribution >= 4 is 21.2 Å². The monoisotopic (exact) mass is 404 g/mol. The van der Waals surface area contributed by atoms with Crippen molar-refractivity contribution in [1.29, 1.82) is 0 Å². The van der Waals surface area contributed by atoms with E-state index in [1.165, 1.54) is 0 Å². The number of fused-ring (bicyclic) bond motifs is 1. The predicted octanol–water partition coefficient (Wildman–Crippen LogP) is 5.16. The highest BCUT2D eigenvalue weighted by Gasteiger charge is 2.23. The molecular formula is C23H20N2O3S. The van der Waals surface area contributed by atoms with Gasteiger partial charge in [-0.25, -0.2) is 9.97 Å². The van der Waals surface area contributed by atoms with Crippen molar-refractivity contribution in [3.05, 3.63) is 78.4 Å². The zero-order valence-corrected chi connectivity index (χ0v) is 16.7. The molecule has 0 spiro atoms. The smallest absolute Gasteiger partial charge is 0.282 e. The SMILES string of the molecule is CCCc1ccc2nc(-c3ccccc3)c(-c3ccccc3)nc2c1S(=O)(=O)O. The minimum Gasteiger partial charge on any atom is -0.282 e. The number of rotatable bonds is 5. The molecule has 0 saturated heterocycles. The van der Waals surface area contributed by atoms with Crippen LogP contribution in [-0.4, -0.2) is 22.9 Å². The second-order valence-electron chi connectivity index (χ2n) is 6.80. The van der Waals surface area contributed by atoms with E-state index in [2.05, 4.69) is 0 Å². The first-order valence-corrected chi connectivity index (χ1v) is 10.8. The number of benzene rings is 3. The molecule has 4 aromatic rings. The fourth-order valence-electron chi connectivity index (χ4n) is 3.49. The summed E-state index contributed by atoms with van der Waals surface area (Å²) in [4.78, 5) is 9.34. The maximum absolute atomic E-state index is 12.2. The van der Waals surface area contributed by atoms with Gasteiger partial charge < -0.3 is 0 Å².